The van der Waals surface area contributed by atoms with Gasteiger partial charge in [-0.05, 0) is 60.7 Å². The normalized spacial score (nSPS) is 10.5. The van der Waals surface area contributed by atoms with Crippen LogP contribution in [-0.4, -0.2) is 28.7 Å². The molecular formula is C24H18F2N4O3. The van der Waals surface area contributed by atoms with E-state index < -0.39 is 23.4 Å². The van der Waals surface area contributed by atoms with E-state index in [2.05, 4.69) is 15.7 Å². The summed E-state index contributed by atoms with van der Waals surface area (Å²) in [7, 11) is 1.44. The predicted molar refractivity (Wildman–Crippen MR) is 119 cm³/mol. The van der Waals surface area contributed by atoms with Gasteiger partial charge in [0.05, 0.1) is 18.5 Å². The van der Waals surface area contributed by atoms with Crippen LogP contribution < -0.4 is 15.4 Å². The Kier molecular flexibility index (Phi) is 6.12. The number of nitrogens with zero attached hydrogens (tertiary/aromatic N) is 2. The summed E-state index contributed by atoms with van der Waals surface area (Å²) in [5, 5.41) is 9.52. The van der Waals surface area contributed by atoms with Crippen LogP contribution in [0.15, 0.2) is 79.0 Å². The molecule has 0 saturated heterocycles. The number of aromatic nitrogens is 2. The molecule has 2 amide bonds. The van der Waals surface area contributed by atoms with Gasteiger partial charge in [0.1, 0.15) is 17.4 Å². The van der Waals surface area contributed by atoms with Crippen LogP contribution in [0.2, 0.25) is 0 Å². The van der Waals surface area contributed by atoms with Crippen molar-refractivity contribution in [3.63, 3.8) is 0 Å². The summed E-state index contributed by atoms with van der Waals surface area (Å²) in [4.78, 5) is 25.1. The van der Waals surface area contributed by atoms with Gasteiger partial charge in [-0.3, -0.25) is 9.59 Å². The molecule has 0 radical (unpaired) electrons. The molecule has 3 aromatic carbocycles. The second-order valence-electron chi connectivity index (χ2n) is 6.96. The molecule has 0 aliphatic rings. The Bertz CT molecular complexity index is 1340. The largest absolute Gasteiger partial charge is 0.495 e. The maximum atomic E-state index is 13.4. The average molecular weight is 448 g/mol. The van der Waals surface area contributed by atoms with E-state index in [0.29, 0.717) is 17.1 Å². The van der Waals surface area contributed by atoms with E-state index in [1.54, 1.807) is 30.5 Å². The molecule has 2 N–H and O–H groups in total. The molecule has 4 rings (SSSR count). The van der Waals surface area contributed by atoms with Crippen LogP contribution in [0.3, 0.4) is 0 Å². The Labute approximate surface area is 187 Å². The zero-order valence-electron chi connectivity index (χ0n) is 17.4. The molecule has 9 heteroatoms. The summed E-state index contributed by atoms with van der Waals surface area (Å²) < 4.78 is 33.5. The number of hydrogen-bond acceptors (Lipinski definition) is 4. The SMILES string of the molecule is COc1ccc(NC(=O)c2ccn(-c3cccc(F)c3)n2)cc1NC(=O)c1cccc(F)c1. The Hall–Kier alpha value is -4.53. The number of anilines is 2. The first-order valence-electron chi connectivity index (χ1n) is 9.81. The third-order valence-corrected chi connectivity index (χ3v) is 4.69. The number of ether oxygens (including phenoxy) is 1. The van der Waals surface area contributed by atoms with Crippen LogP contribution >= 0.6 is 0 Å². The van der Waals surface area contributed by atoms with Gasteiger partial charge in [-0.25, -0.2) is 13.5 Å². The number of carbonyl (C=O) groups excluding carboxylic acids is 2. The lowest BCUT2D eigenvalue weighted by Crippen LogP contribution is -2.15. The zero-order chi connectivity index (χ0) is 23.4. The second-order valence-corrected chi connectivity index (χ2v) is 6.96. The van der Waals surface area contributed by atoms with Gasteiger partial charge in [0.15, 0.2) is 5.69 Å². The maximum absolute atomic E-state index is 13.4. The maximum Gasteiger partial charge on any atom is 0.276 e. The smallest absolute Gasteiger partial charge is 0.276 e. The van der Waals surface area contributed by atoms with E-state index >= 15 is 0 Å². The molecule has 1 heterocycles. The highest BCUT2D eigenvalue weighted by Crippen LogP contribution is 2.28. The predicted octanol–water partition coefficient (Wildman–Crippen LogP) is 4.66. The first-order valence-corrected chi connectivity index (χ1v) is 9.81. The fraction of sp³-hybridized carbons (Fsp3) is 0.0417. The van der Waals surface area contributed by atoms with E-state index in [9.17, 15) is 18.4 Å². The molecule has 0 fully saturated rings. The zero-order valence-corrected chi connectivity index (χ0v) is 17.4. The van der Waals surface area contributed by atoms with Crippen molar-refractivity contribution >= 4 is 23.2 Å². The Morgan fingerprint density at radius 1 is 0.879 bits per heavy atom. The molecular weight excluding hydrogens is 430 g/mol. The number of carbonyl (C=O) groups is 2. The Morgan fingerprint density at radius 3 is 2.36 bits per heavy atom. The first-order chi connectivity index (χ1) is 15.9. The molecule has 0 aliphatic carbocycles. The minimum atomic E-state index is -0.537. The van der Waals surface area contributed by atoms with Crippen LogP contribution in [-0.2, 0) is 0 Å². The van der Waals surface area contributed by atoms with Crippen LogP contribution in [0.5, 0.6) is 5.75 Å². The fourth-order valence-corrected chi connectivity index (χ4v) is 3.11. The highest BCUT2D eigenvalue weighted by Gasteiger charge is 2.15. The number of benzene rings is 3. The van der Waals surface area contributed by atoms with Gasteiger partial charge in [-0.1, -0.05) is 12.1 Å². The van der Waals surface area contributed by atoms with Gasteiger partial charge in [0.2, 0.25) is 0 Å². The van der Waals surface area contributed by atoms with E-state index in [0.717, 1.165) is 6.07 Å². The van der Waals surface area contributed by atoms with Crippen molar-refractivity contribution in [2.75, 3.05) is 17.7 Å². The first kappa shape index (κ1) is 21.7. The van der Waals surface area contributed by atoms with Crippen LogP contribution in [0.1, 0.15) is 20.8 Å². The summed E-state index contributed by atoms with van der Waals surface area (Å²) in [6, 6.07) is 17.3. The molecule has 0 spiro atoms. The van der Waals surface area contributed by atoms with Crippen molar-refractivity contribution in [1.29, 1.82) is 0 Å². The van der Waals surface area contributed by atoms with Gasteiger partial charge in [-0.15, -0.1) is 0 Å². The number of nitrogens with one attached hydrogen (secondary N) is 2. The number of methoxy groups -OCH3 is 1. The standard InChI is InChI=1S/C24H18F2N4O3/c1-33-22-9-8-18(14-21(22)28-23(31)15-4-2-5-16(25)12-15)27-24(32)20-10-11-30(29-20)19-7-3-6-17(26)13-19/h2-14H,1H3,(H,27,32)(H,28,31). The van der Waals surface area contributed by atoms with E-state index in [1.165, 1.54) is 54.3 Å². The Balaban J connectivity index is 1.52. The fourth-order valence-electron chi connectivity index (χ4n) is 3.11. The van der Waals surface area contributed by atoms with Gasteiger partial charge in [0, 0.05) is 17.4 Å². The lowest BCUT2D eigenvalue weighted by Gasteiger charge is -2.13. The molecule has 0 saturated carbocycles. The van der Waals surface area contributed by atoms with Gasteiger partial charge in [0.25, 0.3) is 11.8 Å². The van der Waals surface area contributed by atoms with Crippen LogP contribution in [0.4, 0.5) is 20.2 Å². The molecule has 33 heavy (non-hydrogen) atoms. The monoisotopic (exact) mass is 448 g/mol. The average Bonchev–Trinajstić information content (AvgIpc) is 3.30. The summed E-state index contributed by atoms with van der Waals surface area (Å²) in [6.07, 6.45) is 1.54. The minimum Gasteiger partial charge on any atom is -0.495 e. The van der Waals surface area contributed by atoms with Crippen molar-refractivity contribution in [2.45, 2.75) is 0 Å². The number of halogens is 2. The summed E-state index contributed by atoms with van der Waals surface area (Å²) in [5.74, 6) is -1.63. The minimum absolute atomic E-state index is 0.112. The molecule has 0 unspecified atom stereocenters. The van der Waals surface area contributed by atoms with Crippen molar-refractivity contribution in [2.24, 2.45) is 0 Å². The van der Waals surface area contributed by atoms with Crippen LogP contribution in [0.25, 0.3) is 5.69 Å². The summed E-state index contributed by atoms with van der Waals surface area (Å²) in [6.45, 7) is 0. The number of rotatable bonds is 6. The molecule has 7 nitrogen and oxygen atoms in total. The van der Waals surface area contributed by atoms with E-state index in [4.69, 9.17) is 4.74 Å². The highest BCUT2D eigenvalue weighted by molar-refractivity contribution is 6.06. The third-order valence-electron chi connectivity index (χ3n) is 4.69. The van der Waals surface area contributed by atoms with Gasteiger partial charge < -0.3 is 15.4 Å². The summed E-state index contributed by atoms with van der Waals surface area (Å²) >= 11 is 0. The number of hydrogen-bond donors (Lipinski definition) is 2. The second kappa shape index (κ2) is 9.31. The lowest BCUT2D eigenvalue weighted by molar-refractivity contribution is 0.101. The highest BCUT2D eigenvalue weighted by atomic mass is 19.1. The quantitative estimate of drug-likeness (QED) is 0.449. The van der Waals surface area contributed by atoms with Crippen molar-refractivity contribution < 1.29 is 23.1 Å². The molecule has 0 aliphatic heterocycles. The molecule has 1 aromatic heterocycles. The van der Waals surface area contributed by atoms with Crippen molar-refractivity contribution in [3.05, 3.63) is 102 Å². The van der Waals surface area contributed by atoms with E-state index in [-0.39, 0.29) is 16.9 Å². The summed E-state index contributed by atoms with van der Waals surface area (Å²) in [5.41, 5.74) is 1.38. The van der Waals surface area contributed by atoms with Crippen molar-refractivity contribution in [3.8, 4) is 11.4 Å². The Morgan fingerprint density at radius 2 is 1.64 bits per heavy atom. The van der Waals surface area contributed by atoms with Crippen molar-refractivity contribution in [1.82, 2.24) is 9.78 Å². The number of amides is 2. The molecule has 166 valence electrons. The topological polar surface area (TPSA) is 85.2 Å². The third kappa shape index (κ3) is 5.04. The van der Waals surface area contributed by atoms with E-state index in [1.807, 2.05) is 0 Å². The lowest BCUT2D eigenvalue weighted by atomic mass is 10.2. The molecule has 0 bridgehead atoms. The van der Waals surface area contributed by atoms with Crippen LogP contribution in [0, 0.1) is 11.6 Å². The van der Waals surface area contributed by atoms with Gasteiger partial charge >= 0.3 is 0 Å². The molecule has 0 atom stereocenters. The van der Waals surface area contributed by atoms with Gasteiger partial charge in [-0.2, -0.15) is 5.10 Å². The molecule has 4 aromatic rings.